The fourth-order valence-electron chi connectivity index (χ4n) is 3.35. The summed E-state index contributed by atoms with van der Waals surface area (Å²) in [5.41, 5.74) is 3.40. The second kappa shape index (κ2) is 11.3. The van der Waals surface area contributed by atoms with Crippen LogP contribution in [0.5, 0.6) is 0 Å². The number of nitrogens with zero attached hydrogens (tertiary/aromatic N) is 1. The van der Waals surface area contributed by atoms with E-state index in [2.05, 4.69) is 24.5 Å². The van der Waals surface area contributed by atoms with E-state index >= 15 is 0 Å². The first-order chi connectivity index (χ1) is 15.1. The lowest BCUT2D eigenvalue weighted by Gasteiger charge is -2.20. The van der Waals surface area contributed by atoms with Gasteiger partial charge in [0.1, 0.15) is 12.1 Å². The minimum absolute atomic E-state index is 0.00587. The number of nitriles is 1. The van der Waals surface area contributed by atoms with Gasteiger partial charge in [-0.2, -0.15) is 5.26 Å². The zero-order valence-corrected chi connectivity index (χ0v) is 19.6. The van der Waals surface area contributed by atoms with Gasteiger partial charge in [0.15, 0.2) is 0 Å². The lowest BCUT2D eigenvalue weighted by atomic mass is 9.88. The van der Waals surface area contributed by atoms with Crippen LogP contribution in [-0.2, 0) is 16.1 Å². The molecule has 0 spiro atoms. The second-order valence-electron chi connectivity index (χ2n) is 9.24. The third-order valence-electron chi connectivity index (χ3n) is 4.78. The molecule has 2 N–H and O–H groups in total. The van der Waals surface area contributed by atoms with Gasteiger partial charge in [0.05, 0.1) is 12.0 Å². The van der Waals surface area contributed by atoms with E-state index < -0.39 is 11.7 Å². The zero-order valence-electron chi connectivity index (χ0n) is 19.6. The van der Waals surface area contributed by atoms with E-state index in [-0.39, 0.29) is 18.4 Å². The van der Waals surface area contributed by atoms with Crippen molar-refractivity contribution < 1.29 is 14.3 Å². The van der Waals surface area contributed by atoms with E-state index in [0.717, 1.165) is 22.3 Å². The summed E-state index contributed by atoms with van der Waals surface area (Å²) in [6.07, 6.45) is 0.260. The molecule has 170 valence electrons. The monoisotopic (exact) mass is 435 g/mol. The molecule has 6 heteroatoms. The van der Waals surface area contributed by atoms with Crippen molar-refractivity contribution in [1.29, 1.82) is 5.26 Å². The molecule has 0 fully saturated rings. The molecule has 6 nitrogen and oxygen atoms in total. The molecule has 32 heavy (non-hydrogen) atoms. The van der Waals surface area contributed by atoms with Gasteiger partial charge in [0, 0.05) is 6.54 Å². The van der Waals surface area contributed by atoms with Gasteiger partial charge in [-0.3, -0.25) is 4.79 Å². The van der Waals surface area contributed by atoms with E-state index in [0.29, 0.717) is 18.9 Å². The predicted molar refractivity (Wildman–Crippen MR) is 126 cm³/mol. The fraction of sp³-hybridized carbons (Fsp3) is 0.423. The maximum Gasteiger partial charge on any atom is 0.407 e. The van der Waals surface area contributed by atoms with Crippen LogP contribution in [0, 0.1) is 17.2 Å². The standard InChI is InChI=1S/C26H33N3O3/c1-18(2)15-23(24(30)28-14-13-27)22-8-6-7-21(16-22)20-11-9-19(10-12-20)17-29-25(31)32-26(3,4)5/h6-12,16,18,23H,14-15,17H2,1-5H3,(H,28,30)(H,29,31). The first kappa shape index (κ1) is 24.9. The van der Waals surface area contributed by atoms with Crippen molar-refractivity contribution in [3.05, 3.63) is 59.7 Å². The van der Waals surface area contributed by atoms with Crippen LogP contribution in [0.4, 0.5) is 4.79 Å². The second-order valence-corrected chi connectivity index (χ2v) is 9.24. The molecule has 2 aromatic rings. The number of alkyl carbamates (subject to hydrolysis) is 1. The summed E-state index contributed by atoms with van der Waals surface area (Å²) in [5.74, 6) is -0.0881. The number of nitrogens with one attached hydrogen (secondary N) is 2. The first-order valence-electron chi connectivity index (χ1n) is 10.9. The average Bonchev–Trinajstić information content (AvgIpc) is 2.73. The number of carbonyl (C=O) groups is 2. The number of ether oxygens (including phenoxy) is 1. The van der Waals surface area contributed by atoms with Gasteiger partial charge < -0.3 is 15.4 Å². The molecule has 0 saturated carbocycles. The van der Waals surface area contributed by atoms with Crippen molar-refractivity contribution >= 4 is 12.0 Å². The lowest BCUT2D eigenvalue weighted by molar-refractivity contribution is -0.122. The molecule has 0 bridgehead atoms. The molecule has 0 aliphatic heterocycles. The maximum atomic E-state index is 12.6. The smallest absolute Gasteiger partial charge is 0.407 e. The number of benzene rings is 2. The molecular formula is C26H33N3O3. The Labute approximate surface area is 191 Å². The molecule has 2 amide bonds. The van der Waals surface area contributed by atoms with Crippen molar-refractivity contribution in [3.63, 3.8) is 0 Å². The molecule has 1 atom stereocenters. The van der Waals surface area contributed by atoms with Gasteiger partial charge >= 0.3 is 6.09 Å². The van der Waals surface area contributed by atoms with Crippen LogP contribution in [-0.4, -0.2) is 24.1 Å². The first-order valence-corrected chi connectivity index (χ1v) is 10.9. The Bertz CT molecular complexity index is 954. The molecule has 0 aliphatic rings. The van der Waals surface area contributed by atoms with Gasteiger partial charge in [-0.05, 0) is 55.4 Å². The Morgan fingerprint density at radius 2 is 1.72 bits per heavy atom. The van der Waals surface area contributed by atoms with Crippen LogP contribution in [0.3, 0.4) is 0 Å². The number of rotatable bonds is 8. The van der Waals surface area contributed by atoms with Crippen LogP contribution in [0.1, 0.15) is 58.1 Å². The highest BCUT2D eigenvalue weighted by Gasteiger charge is 2.22. The molecule has 0 saturated heterocycles. The summed E-state index contributed by atoms with van der Waals surface area (Å²) in [6.45, 7) is 10.0. The lowest BCUT2D eigenvalue weighted by Crippen LogP contribution is -2.32. The maximum absolute atomic E-state index is 12.6. The van der Waals surface area contributed by atoms with Crippen molar-refractivity contribution in [1.82, 2.24) is 10.6 Å². The zero-order chi connectivity index (χ0) is 23.7. The minimum atomic E-state index is -0.530. The van der Waals surface area contributed by atoms with E-state index in [1.165, 1.54) is 0 Å². The topological polar surface area (TPSA) is 91.2 Å². The highest BCUT2D eigenvalue weighted by Crippen LogP contribution is 2.28. The molecule has 1 unspecified atom stereocenters. The Morgan fingerprint density at radius 1 is 1.03 bits per heavy atom. The highest BCUT2D eigenvalue weighted by molar-refractivity contribution is 5.84. The third kappa shape index (κ3) is 8.07. The summed E-state index contributed by atoms with van der Waals surface area (Å²) < 4.78 is 5.26. The SMILES string of the molecule is CC(C)CC(C(=O)NCC#N)c1cccc(-c2ccc(CNC(=O)OC(C)(C)C)cc2)c1. The molecule has 0 radical (unpaired) electrons. The van der Waals surface area contributed by atoms with E-state index in [1.54, 1.807) is 0 Å². The fourth-order valence-corrected chi connectivity index (χ4v) is 3.35. The van der Waals surface area contributed by atoms with Crippen LogP contribution >= 0.6 is 0 Å². The number of hydrogen-bond acceptors (Lipinski definition) is 4. The predicted octanol–water partition coefficient (Wildman–Crippen LogP) is 5.15. The van der Waals surface area contributed by atoms with Gasteiger partial charge in [0.2, 0.25) is 5.91 Å². The summed E-state index contributed by atoms with van der Waals surface area (Å²) >= 11 is 0. The Morgan fingerprint density at radius 3 is 2.31 bits per heavy atom. The molecule has 0 heterocycles. The van der Waals surface area contributed by atoms with Crippen LogP contribution in [0.15, 0.2) is 48.5 Å². The molecule has 0 aromatic heterocycles. The van der Waals surface area contributed by atoms with Gasteiger partial charge in [-0.1, -0.05) is 62.4 Å². The van der Waals surface area contributed by atoms with Gasteiger partial charge in [-0.15, -0.1) is 0 Å². The average molecular weight is 436 g/mol. The van der Waals surface area contributed by atoms with E-state index in [4.69, 9.17) is 10.00 Å². The van der Waals surface area contributed by atoms with E-state index in [1.807, 2.05) is 75.4 Å². The van der Waals surface area contributed by atoms with E-state index in [9.17, 15) is 9.59 Å². The van der Waals surface area contributed by atoms with Crippen molar-refractivity contribution in [3.8, 4) is 17.2 Å². The molecule has 0 aliphatic carbocycles. The Balaban J connectivity index is 2.13. The molecular weight excluding hydrogens is 402 g/mol. The summed E-state index contributed by atoms with van der Waals surface area (Å²) in [5, 5.41) is 14.2. The van der Waals surface area contributed by atoms with Crippen LogP contribution < -0.4 is 10.6 Å². The van der Waals surface area contributed by atoms with Crippen molar-refractivity contribution in [2.75, 3.05) is 6.54 Å². The molecule has 2 rings (SSSR count). The largest absolute Gasteiger partial charge is 0.444 e. The van der Waals surface area contributed by atoms with Crippen LogP contribution in [0.25, 0.3) is 11.1 Å². The minimum Gasteiger partial charge on any atom is -0.444 e. The summed E-state index contributed by atoms with van der Waals surface area (Å²) in [7, 11) is 0. The summed E-state index contributed by atoms with van der Waals surface area (Å²) in [4.78, 5) is 24.5. The molecule has 2 aromatic carbocycles. The van der Waals surface area contributed by atoms with Gasteiger partial charge in [0.25, 0.3) is 0 Å². The Hall–Kier alpha value is -3.33. The Kier molecular flexibility index (Phi) is 8.83. The van der Waals surface area contributed by atoms with Gasteiger partial charge in [-0.25, -0.2) is 4.79 Å². The van der Waals surface area contributed by atoms with Crippen molar-refractivity contribution in [2.45, 2.75) is 59.1 Å². The van der Waals surface area contributed by atoms with Crippen LogP contribution in [0.2, 0.25) is 0 Å². The normalized spacial score (nSPS) is 12.0. The summed E-state index contributed by atoms with van der Waals surface area (Å²) in [6, 6.07) is 17.8. The third-order valence-corrected chi connectivity index (χ3v) is 4.78. The van der Waals surface area contributed by atoms with Crippen molar-refractivity contribution in [2.24, 2.45) is 5.92 Å². The highest BCUT2D eigenvalue weighted by atomic mass is 16.6. The number of hydrogen-bond donors (Lipinski definition) is 2. The number of amides is 2. The quantitative estimate of drug-likeness (QED) is 0.561. The number of carbonyl (C=O) groups excluding carboxylic acids is 2.